The Morgan fingerprint density at radius 2 is 2.26 bits per heavy atom. The number of amides is 1. The molecule has 1 atom stereocenters. The molecule has 1 saturated heterocycles. The van der Waals surface area contributed by atoms with Gasteiger partial charge in [0.05, 0.1) is 13.5 Å². The van der Waals surface area contributed by atoms with Crippen molar-refractivity contribution in [2.75, 3.05) is 20.2 Å². The second kappa shape index (κ2) is 5.87. The third-order valence-electron chi connectivity index (χ3n) is 3.51. The van der Waals surface area contributed by atoms with Gasteiger partial charge in [0.2, 0.25) is 5.91 Å². The summed E-state index contributed by atoms with van der Waals surface area (Å²) in [4.78, 5) is 25.4. The summed E-state index contributed by atoms with van der Waals surface area (Å²) in [6, 6.07) is 7.52. The Balaban J connectivity index is 1.98. The van der Waals surface area contributed by atoms with E-state index in [9.17, 15) is 9.59 Å². The summed E-state index contributed by atoms with van der Waals surface area (Å²) >= 11 is 0. The number of carbonyl (C=O) groups is 2. The number of hydrogen-bond acceptors (Lipinski definition) is 3. The van der Waals surface area contributed by atoms with Gasteiger partial charge in [-0.15, -0.1) is 0 Å². The summed E-state index contributed by atoms with van der Waals surface area (Å²) in [5.74, 6) is 1.05. The molecule has 1 aromatic rings. The summed E-state index contributed by atoms with van der Waals surface area (Å²) in [6.07, 6.45) is 0.836. The van der Waals surface area contributed by atoms with Crippen molar-refractivity contribution < 1.29 is 14.3 Å². The number of nitrogens with zero attached hydrogens (tertiary/aromatic N) is 1. The lowest BCUT2D eigenvalue weighted by atomic mass is 9.98. The summed E-state index contributed by atoms with van der Waals surface area (Å²) in [7, 11) is 1.61. The lowest BCUT2D eigenvalue weighted by Gasteiger charge is -2.30. The minimum absolute atomic E-state index is 0.0389. The van der Waals surface area contributed by atoms with Gasteiger partial charge in [0.25, 0.3) is 0 Å². The monoisotopic (exact) mass is 261 g/mol. The maximum Gasteiger partial charge on any atom is 0.227 e. The minimum atomic E-state index is -0.0389. The van der Waals surface area contributed by atoms with Crippen molar-refractivity contribution in [3.05, 3.63) is 29.8 Å². The average Bonchev–Trinajstić information content (AvgIpc) is 2.42. The smallest absolute Gasteiger partial charge is 0.227 e. The number of piperidine rings is 1. The molecular weight excluding hydrogens is 242 g/mol. The first-order valence-electron chi connectivity index (χ1n) is 6.53. The van der Waals surface area contributed by atoms with E-state index < -0.39 is 0 Å². The quantitative estimate of drug-likeness (QED) is 0.831. The zero-order chi connectivity index (χ0) is 13.8. The van der Waals surface area contributed by atoms with Gasteiger partial charge in [0.1, 0.15) is 11.5 Å². The Morgan fingerprint density at radius 3 is 2.95 bits per heavy atom. The van der Waals surface area contributed by atoms with E-state index in [-0.39, 0.29) is 17.6 Å². The molecule has 0 spiro atoms. The van der Waals surface area contributed by atoms with E-state index in [4.69, 9.17) is 4.74 Å². The van der Waals surface area contributed by atoms with Crippen LogP contribution in [0, 0.1) is 5.92 Å². The number of benzene rings is 1. The third-order valence-corrected chi connectivity index (χ3v) is 3.51. The number of Topliss-reactive ketones (excluding diaryl/α,β-unsaturated/α-hetero) is 1. The van der Waals surface area contributed by atoms with Gasteiger partial charge >= 0.3 is 0 Å². The molecule has 1 aliphatic rings. The van der Waals surface area contributed by atoms with Crippen LogP contribution in [0.15, 0.2) is 24.3 Å². The Hall–Kier alpha value is -1.84. The first kappa shape index (κ1) is 13.6. The fraction of sp³-hybridized carbons (Fsp3) is 0.467. The van der Waals surface area contributed by atoms with E-state index >= 15 is 0 Å². The highest BCUT2D eigenvalue weighted by Crippen LogP contribution is 2.16. The SMILES string of the molecule is COc1cccc(CC(=O)N2CCC(=O)C(C)C2)c1. The maximum atomic E-state index is 12.2. The molecule has 0 aliphatic carbocycles. The molecule has 0 saturated carbocycles. The first-order valence-corrected chi connectivity index (χ1v) is 6.53. The lowest BCUT2D eigenvalue weighted by molar-refractivity contribution is -0.136. The van der Waals surface area contributed by atoms with Gasteiger partial charge in [-0.3, -0.25) is 9.59 Å². The van der Waals surface area contributed by atoms with Crippen LogP contribution in [-0.2, 0) is 16.0 Å². The summed E-state index contributed by atoms with van der Waals surface area (Å²) in [5, 5.41) is 0. The van der Waals surface area contributed by atoms with Gasteiger partial charge in [-0.05, 0) is 17.7 Å². The second-order valence-electron chi connectivity index (χ2n) is 4.99. The largest absolute Gasteiger partial charge is 0.497 e. The van der Waals surface area contributed by atoms with Crippen LogP contribution < -0.4 is 4.74 Å². The van der Waals surface area contributed by atoms with Crippen molar-refractivity contribution in [1.29, 1.82) is 0 Å². The number of likely N-dealkylation sites (tertiary alicyclic amines) is 1. The van der Waals surface area contributed by atoms with E-state index in [0.29, 0.717) is 25.9 Å². The Morgan fingerprint density at radius 1 is 1.47 bits per heavy atom. The normalized spacial score (nSPS) is 19.4. The van der Waals surface area contributed by atoms with Crippen LogP contribution >= 0.6 is 0 Å². The molecule has 1 amide bonds. The van der Waals surface area contributed by atoms with Crippen LogP contribution in [0.5, 0.6) is 5.75 Å². The van der Waals surface area contributed by atoms with E-state index in [1.54, 1.807) is 12.0 Å². The molecule has 0 aromatic heterocycles. The number of ether oxygens (including phenoxy) is 1. The predicted molar refractivity (Wildman–Crippen MR) is 72.1 cm³/mol. The maximum absolute atomic E-state index is 12.2. The van der Waals surface area contributed by atoms with Crippen LogP contribution in [-0.4, -0.2) is 36.8 Å². The minimum Gasteiger partial charge on any atom is -0.497 e. The van der Waals surface area contributed by atoms with Crippen molar-refractivity contribution in [3.63, 3.8) is 0 Å². The third kappa shape index (κ3) is 3.34. The summed E-state index contributed by atoms with van der Waals surface area (Å²) in [6.45, 7) is 2.97. The first-order chi connectivity index (χ1) is 9.10. The van der Waals surface area contributed by atoms with Crippen molar-refractivity contribution in [2.24, 2.45) is 5.92 Å². The molecule has 19 heavy (non-hydrogen) atoms. The molecule has 1 unspecified atom stereocenters. The van der Waals surface area contributed by atoms with E-state index in [0.717, 1.165) is 11.3 Å². The van der Waals surface area contributed by atoms with Crippen LogP contribution in [0.25, 0.3) is 0 Å². The fourth-order valence-electron chi connectivity index (χ4n) is 2.31. The van der Waals surface area contributed by atoms with Crippen LogP contribution in [0.2, 0.25) is 0 Å². The Bertz CT molecular complexity index is 484. The van der Waals surface area contributed by atoms with Crippen LogP contribution in [0.3, 0.4) is 0 Å². The molecule has 1 fully saturated rings. The Labute approximate surface area is 113 Å². The van der Waals surface area contributed by atoms with Gasteiger partial charge in [0, 0.05) is 25.4 Å². The number of carbonyl (C=O) groups excluding carboxylic acids is 2. The molecule has 4 nitrogen and oxygen atoms in total. The molecule has 0 bridgehead atoms. The van der Waals surface area contributed by atoms with Crippen molar-refractivity contribution in [1.82, 2.24) is 4.90 Å². The summed E-state index contributed by atoms with van der Waals surface area (Å²) < 4.78 is 5.14. The highest BCUT2D eigenvalue weighted by Gasteiger charge is 2.26. The molecule has 2 rings (SSSR count). The standard InChI is InChI=1S/C15H19NO3/c1-11-10-16(7-6-14(11)17)15(18)9-12-4-3-5-13(8-12)19-2/h3-5,8,11H,6-7,9-10H2,1-2H3. The second-order valence-corrected chi connectivity index (χ2v) is 4.99. The average molecular weight is 261 g/mol. The fourth-order valence-corrected chi connectivity index (χ4v) is 2.31. The van der Waals surface area contributed by atoms with Gasteiger partial charge in [-0.2, -0.15) is 0 Å². The number of rotatable bonds is 3. The molecule has 1 heterocycles. The molecule has 102 valence electrons. The number of ketones is 1. The van der Waals surface area contributed by atoms with E-state index in [1.807, 2.05) is 31.2 Å². The molecule has 0 radical (unpaired) electrons. The molecule has 1 aliphatic heterocycles. The lowest BCUT2D eigenvalue weighted by Crippen LogP contribution is -2.43. The number of hydrogen-bond donors (Lipinski definition) is 0. The van der Waals surface area contributed by atoms with E-state index in [2.05, 4.69) is 0 Å². The van der Waals surface area contributed by atoms with Crippen molar-refractivity contribution in [3.8, 4) is 5.75 Å². The number of methoxy groups -OCH3 is 1. The predicted octanol–water partition coefficient (Wildman–Crippen LogP) is 1.68. The molecule has 1 aromatic carbocycles. The zero-order valence-corrected chi connectivity index (χ0v) is 11.4. The van der Waals surface area contributed by atoms with E-state index in [1.165, 1.54) is 0 Å². The zero-order valence-electron chi connectivity index (χ0n) is 11.4. The highest BCUT2D eigenvalue weighted by atomic mass is 16.5. The van der Waals surface area contributed by atoms with Gasteiger partial charge in [-0.25, -0.2) is 0 Å². The molecule has 0 N–H and O–H groups in total. The van der Waals surface area contributed by atoms with Crippen molar-refractivity contribution >= 4 is 11.7 Å². The van der Waals surface area contributed by atoms with Crippen LogP contribution in [0.4, 0.5) is 0 Å². The molecular formula is C15H19NO3. The topological polar surface area (TPSA) is 46.6 Å². The van der Waals surface area contributed by atoms with Crippen molar-refractivity contribution in [2.45, 2.75) is 19.8 Å². The van der Waals surface area contributed by atoms with Crippen LogP contribution in [0.1, 0.15) is 18.9 Å². The van der Waals surface area contributed by atoms with Gasteiger partial charge < -0.3 is 9.64 Å². The highest BCUT2D eigenvalue weighted by molar-refractivity contribution is 5.85. The van der Waals surface area contributed by atoms with Gasteiger partial charge in [-0.1, -0.05) is 19.1 Å². The van der Waals surface area contributed by atoms with Gasteiger partial charge in [0.15, 0.2) is 0 Å². The molecule has 4 heteroatoms. The summed E-state index contributed by atoms with van der Waals surface area (Å²) in [5.41, 5.74) is 0.939. The Kier molecular flexibility index (Phi) is 4.20.